The van der Waals surface area contributed by atoms with E-state index in [0.717, 1.165) is 12.1 Å². The minimum atomic E-state index is -1.08. The second-order valence-corrected chi connectivity index (χ2v) is 4.64. The first-order chi connectivity index (χ1) is 9.54. The zero-order valence-corrected chi connectivity index (χ0v) is 10.7. The monoisotopic (exact) mass is 292 g/mol. The summed E-state index contributed by atoms with van der Waals surface area (Å²) >= 11 is 5.78. The number of nitrogens with one attached hydrogen (secondary N) is 1. The van der Waals surface area contributed by atoms with Gasteiger partial charge >= 0.3 is 0 Å². The van der Waals surface area contributed by atoms with Crippen molar-refractivity contribution in [3.8, 4) is 11.4 Å². The Morgan fingerprint density at radius 1 is 1.05 bits per heavy atom. The SMILES string of the molecule is O=c1[nH]c(-c2ccc(Cl)cc2)nc2cc(F)c(F)cc12. The number of fused-ring (bicyclic) bond motifs is 1. The van der Waals surface area contributed by atoms with Gasteiger partial charge in [-0.3, -0.25) is 4.79 Å². The molecule has 0 atom stereocenters. The molecule has 0 aliphatic rings. The second kappa shape index (κ2) is 4.68. The van der Waals surface area contributed by atoms with E-state index in [1.807, 2.05) is 0 Å². The predicted molar refractivity (Wildman–Crippen MR) is 72.7 cm³/mol. The Kier molecular flexibility index (Phi) is 2.99. The molecule has 2 aromatic carbocycles. The highest BCUT2D eigenvalue weighted by atomic mass is 35.5. The van der Waals surface area contributed by atoms with Gasteiger partial charge in [0.15, 0.2) is 11.6 Å². The third-order valence-electron chi connectivity index (χ3n) is 2.87. The topological polar surface area (TPSA) is 45.8 Å². The van der Waals surface area contributed by atoms with E-state index >= 15 is 0 Å². The summed E-state index contributed by atoms with van der Waals surface area (Å²) < 4.78 is 26.3. The van der Waals surface area contributed by atoms with Crippen LogP contribution < -0.4 is 5.56 Å². The molecule has 3 rings (SSSR count). The fourth-order valence-electron chi connectivity index (χ4n) is 1.88. The van der Waals surface area contributed by atoms with Crippen LogP contribution in [0.1, 0.15) is 0 Å². The van der Waals surface area contributed by atoms with Gasteiger partial charge in [0.2, 0.25) is 0 Å². The number of H-pyrrole nitrogens is 1. The van der Waals surface area contributed by atoms with Crippen molar-refractivity contribution in [2.45, 2.75) is 0 Å². The summed E-state index contributed by atoms with van der Waals surface area (Å²) in [6.45, 7) is 0. The van der Waals surface area contributed by atoms with Gasteiger partial charge in [-0.2, -0.15) is 0 Å². The van der Waals surface area contributed by atoms with Gasteiger partial charge in [0.05, 0.1) is 10.9 Å². The van der Waals surface area contributed by atoms with Gasteiger partial charge < -0.3 is 4.98 Å². The average Bonchev–Trinajstić information content (AvgIpc) is 2.42. The Morgan fingerprint density at radius 2 is 1.70 bits per heavy atom. The molecule has 1 N–H and O–H groups in total. The predicted octanol–water partition coefficient (Wildman–Crippen LogP) is 3.52. The van der Waals surface area contributed by atoms with Crippen molar-refractivity contribution in [2.75, 3.05) is 0 Å². The maximum atomic E-state index is 13.2. The smallest absolute Gasteiger partial charge is 0.259 e. The van der Waals surface area contributed by atoms with Crippen LogP contribution in [0.4, 0.5) is 8.78 Å². The summed E-state index contributed by atoms with van der Waals surface area (Å²) in [5, 5.41) is 0.548. The molecule has 0 amide bonds. The lowest BCUT2D eigenvalue weighted by Crippen LogP contribution is -2.10. The molecular formula is C14H7ClF2N2O. The summed E-state index contributed by atoms with van der Waals surface area (Å²) in [5.74, 6) is -1.85. The number of hydrogen-bond donors (Lipinski definition) is 1. The Bertz CT molecular complexity index is 859. The van der Waals surface area contributed by atoms with Crippen molar-refractivity contribution in [3.05, 3.63) is 63.4 Å². The van der Waals surface area contributed by atoms with Crippen molar-refractivity contribution < 1.29 is 8.78 Å². The molecule has 6 heteroatoms. The van der Waals surface area contributed by atoms with Crippen LogP contribution in [0.5, 0.6) is 0 Å². The number of halogens is 3. The number of aromatic amines is 1. The van der Waals surface area contributed by atoms with Crippen LogP contribution in [0.15, 0.2) is 41.2 Å². The average molecular weight is 293 g/mol. The minimum Gasteiger partial charge on any atom is -0.306 e. The molecule has 0 spiro atoms. The third-order valence-corrected chi connectivity index (χ3v) is 3.12. The highest BCUT2D eigenvalue weighted by Gasteiger charge is 2.10. The number of benzene rings is 2. The molecule has 3 nitrogen and oxygen atoms in total. The van der Waals surface area contributed by atoms with Crippen molar-refractivity contribution in [1.82, 2.24) is 9.97 Å². The molecule has 0 fully saturated rings. The molecule has 20 heavy (non-hydrogen) atoms. The summed E-state index contributed by atoms with van der Waals surface area (Å²) in [7, 11) is 0. The van der Waals surface area contributed by atoms with Crippen LogP contribution in [0.2, 0.25) is 5.02 Å². The molecule has 0 saturated carbocycles. The van der Waals surface area contributed by atoms with Gasteiger partial charge in [-0.15, -0.1) is 0 Å². The molecule has 0 aliphatic carbocycles. The Morgan fingerprint density at radius 3 is 2.40 bits per heavy atom. The normalized spacial score (nSPS) is 10.9. The minimum absolute atomic E-state index is 0.00149. The van der Waals surface area contributed by atoms with E-state index in [4.69, 9.17) is 11.6 Å². The standard InChI is InChI=1S/C14H7ClF2N2O/c15-8-3-1-7(2-4-8)13-18-12-6-11(17)10(16)5-9(12)14(20)19-13/h1-6H,(H,18,19,20). The van der Waals surface area contributed by atoms with Gasteiger partial charge in [-0.1, -0.05) is 11.6 Å². The van der Waals surface area contributed by atoms with Crippen molar-refractivity contribution >= 4 is 22.5 Å². The lowest BCUT2D eigenvalue weighted by atomic mass is 10.2. The molecule has 1 heterocycles. The van der Waals surface area contributed by atoms with Gasteiger partial charge in [0, 0.05) is 16.7 Å². The van der Waals surface area contributed by atoms with Crippen LogP contribution in [0, 0.1) is 11.6 Å². The molecule has 0 unspecified atom stereocenters. The first kappa shape index (κ1) is 12.7. The van der Waals surface area contributed by atoms with E-state index in [-0.39, 0.29) is 16.7 Å². The maximum absolute atomic E-state index is 13.2. The van der Waals surface area contributed by atoms with Gasteiger partial charge in [0.1, 0.15) is 5.82 Å². The van der Waals surface area contributed by atoms with Gasteiger partial charge in [-0.25, -0.2) is 13.8 Å². The summed E-state index contributed by atoms with van der Waals surface area (Å²) in [5.41, 5.74) is 0.189. The Balaban J connectivity index is 2.26. The Hall–Kier alpha value is -2.27. The third kappa shape index (κ3) is 2.16. The fourth-order valence-corrected chi connectivity index (χ4v) is 2.00. The van der Waals surface area contributed by atoms with Crippen molar-refractivity contribution in [2.24, 2.45) is 0 Å². The zero-order valence-electron chi connectivity index (χ0n) is 9.95. The number of rotatable bonds is 1. The van der Waals surface area contributed by atoms with Gasteiger partial charge in [-0.05, 0) is 30.3 Å². The second-order valence-electron chi connectivity index (χ2n) is 4.20. The molecule has 100 valence electrons. The van der Waals surface area contributed by atoms with E-state index in [1.54, 1.807) is 24.3 Å². The molecule has 0 saturated heterocycles. The molecule has 1 aromatic heterocycles. The van der Waals surface area contributed by atoms with E-state index < -0.39 is 17.2 Å². The number of hydrogen-bond acceptors (Lipinski definition) is 2. The van der Waals surface area contributed by atoms with Crippen molar-refractivity contribution in [1.29, 1.82) is 0 Å². The number of aromatic nitrogens is 2. The lowest BCUT2D eigenvalue weighted by Gasteiger charge is -2.04. The van der Waals surface area contributed by atoms with Gasteiger partial charge in [0.25, 0.3) is 5.56 Å². The maximum Gasteiger partial charge on any atom is 0.259 e. The highest BCUT2D eigenvalue weighted by molar-refractivity contribution is 6.30. The van der Waals surface area contributed by atoms with Crippen LogP contribution in [-0.4, -0.2) is 9.97 Å². The van der Waals surface area contributed by atoms with Crippen LogP contribution in [-0.2, 0) is 0 Å². The zero-order chi connectivity index (χ0) is 14.3. The summed E-state index contributed by atoms with van der Waals surface area (Å²) in [6.07, 6.45) is 0. The number of nitrogens with zero attached hydrogens (tertiary/aromatic N) is 1. The molecule has 0 radical (unpaired) electrons. The molecule has 3 aromatic rings. The molecule has 0 aliphatic heterocycles. The van der Waals surface area contributed by atoms with Crippen molar-refractivity contribution in [3.63, 3.8) is 0 Å². The van der Waals surface area contributed by atoms with E-state index in [0.29, 0.717) is 10.6 Å². The van der Waals surface area contributed by atoms with Crippen LogP contribution >= 0.6 is 11.6 Å². The highest BCUT2D eigenvalue weighted by Crippen LogP contribution is 2.20. The van der Waals surface area contributed by atoms with E-state index in [2.05, 4.69) is 9.97 Å². The first-order valence-corrected chi connectivity index (χ1v) is 6.07. The Labute approximate surface area is 116 Å². The van der Waals surface area contributed by atoms with E-state index in [9.17, 15) is 13.6 Å². The first-order valence-electron chi connectivity index (χ1n) is 5.69. The summed E-state index contributed by atoms with van der Waals surface area (Å²) in [6, 6.07) is 8.37. The van der Waals surface area contributed by atoms with E-state index in [1.165, 1.54) is 0 Å². The molecule has 0 bridgehead atoms. The van der Waals surface area contributed by atoms with Crippen LogP contribution in [0.25, 0.3) is 22.3 Å². The fraction of sp³-hybridized carbons (Fsp3) is 0. The summed E-state index contributed by atoms with van der Waals surface area (Å²) in [4.78, 5) is 18.6. The quantitative estimate of drug-likeness (QED) is 0.746. The molecular weight excluding hydrogens is 286 g/mol. The largest absolute Gasteiger partial charge is 0.306 e. The lowest BCUT2D eigenvalue weighted by molar-refractivity contribution is 0.510. The van der Waals surface area contributed by atoms with Crippen LogP contribution in [0.3, 0.4) is 0 Å².